The highest BCUT2D eigenvalue weighted by Gasteiger charge is 2.30. The average Bonchev–Trinajstić information content (AvgIpc) is 3.80. The molecule has 4 amide bonds. The average molecular weight is 560 g/mol. The minimum atomic E-state index is -0.177. The van der Waals surface area contributed by atoms with Crippen molar-refractivity contribution < 1.29 is 18.8 Å². The molecule has 4 aromatic rings. The van der Waals surface area contributed by atoms with Crippen molar-refractivity contribution in [2.24, 2.45) is 0 Å². The number of hydrogen-bond acceptors (Lipinski definition) is 7. The fourth-order valence-corrected chi connectivity index (χ4v) is 6.04. The summed E-state index contributed by atoms with van der Waals surface area (Å²) >= 11 is 1.50. The van der Waals surface area contributed by atoms with E-state index in [4.69, 9.17) is 4.42 Å². The van der Waals surface area contributed by atoms with Crippen LogP contribution in [0.4, 0.5) is 10.6 Å². The molecule has 2 N–H and O–H groups in total. The number of carbonyl (C=O) groups is 3. The second kappa shape index (κ2) is 11.3. The Hall–Kier alpha value is -4.45. The first-order valence-corrected chi connectivity index (χ1v) is 14.2. The van der Waals surface area contributed by atoms with Crippen LogP contribution in [-0.4, -0.2) is 87.0 Å². The van der Waals surface area contributed by atoms with Crippen molar-refractivity contribution >= 4 is 35.0 Å². The molecule has 2 saturated heterocycles. The fraction of sp³-hybridized carbons (Fsp3) is 0.321. The number of benzene rings is 1. The highest BCUT2D eigenvalue weighted by atomic mass is 32.1. The lowest BCUT2D eigenvalue weighted by molar-refractivity contribution is 0.0515. The van der Waals surface area contributed by atoms with Gasteiger partial charge in [0.2, 0.25) is 0 Å². The van der Waals surface area contributed by atoms with Crippen LogP contribution < -0.4 is 5.32 Å². The topological polar surface area (TPSA) is 128 Å². The number of piperazine rings is 1. The third-order valence-corrected chi connectivity index (χ3v) is 8.36. The van der Waals surface area contributed by atoms with Crippen molar-refractivity contribution in [1.82, 2.24) is 29.9 Å². The lowest BCUT2D eigenvalue weighted by Crippen LogP contribution is -2.50. The summed E-state index contributed by atoms with van der Waals surface area (Å²) in [5.74, 6) is 0.729. The third-order valence-electron chi connectivity index (χ3n) is 7.36. The van der Waals surface area contributed by atoms with Crippen molar-refractivity contribution in [2.45, 2.75) is 18.8 Å². The van der Waals surface area contributed by atoms with Crippen LogP contribution in [0.3, 0.4) is 0 Å². The smallest absolute Gasteiger partial charge is 0.323 e. The number of amides is 4. The van der Waals surface area contributed by atoms with E-state index >= 15 is 0 Å². The Morgan fingerprint density at radius 2 is 1.62 bits per heavy atom. The number of rotatable bonds is 5. The summed E-state index contributed by atoms with van der Waals surface area (Å²) in [6.07, 6.45) is 3.03. The SMILES string of the molecule is O=C(Nc1cc(-c2ccccc2)[nH]n1)N1CCC(c2nc(C(=O)N3CCN(C(=O)c4ccco4)CC3)cs2)CC1. The summed E-state index contributed by atoms with van der Waals surface area (Å²) in [5, 5.41) is 12.8. The van der Waals surface area contributed by atoms with Crippen LogP contribution in [0.2, 0.25) is 0 Å². The van der Waals surface area contributed by atoms with Gasteiger partial charge in [0.25, 0.3) is 11.8 Å². The summed E-state index contributed by atoms with van der Waals surface area (Å²) < 4.78 is 5.21. The van der Waals surface area contributed by atoms with Crippen LogP contribution in [0.25, 0.3) is 11.3 Å². The molecule has 0 bridgehead atoms. The van der Waals surface area contributed by atoms with Crippen molar-refractivity contribution in [3.05, 3.63) is 76.6 Å². The number of carbonyl (C=O) groups excluding carboxylic acids is 3. The molecule has 0 spiro atoms. The summed E-state index contributed by atoms with van der Waals surface area (Å²) in [7, 11) is 0. The van der Waals surface area contributed by atoms with Crippen LogP contribution >= 0.6 is 11.3 Å². The molecular formula is C28H29N7O4S. The van der Waals surface area contributed by atoms with Gasteiger partial charge in [0.05, 0.1) is 17.0 Å². The molecule has 2 aliphatic rings. The largest absolute Gasteiger partial charge is 0.459 e. The number of H-pyrrole nitrogens is 1. The Balaban J connectivity index is 0.982. The lowest BCUT2D eigenvalue weighted by atomic mass is 9.98. The first-order valence-electron chi connectivity index (χ1n) is 13.3. The van der Waals surface area contributed by atoms with Gasteiger partial charge >= 0.3 is 6.03 Å². The Bertz CT molecular complexity index is 1470. The molecule has 11 nitrogen and oxygen atoms in total. The van der Waals surface area contributed by atoms with E-state index in [0.29, 0.717) is 56.5 Å². The van der Waals surface area contributed by atoms with Crippen LogP contribution in [0, 0.1) is 0 Å². The normalized spacial score (nSPS) is 16.2. The molecule has 0 atom stereocenters. The van der Waals surface area contributed by atoms with E-state index in [-0.39, 0.29) is 23.8 Å². The minimum Gasteiger partial charge on any atom is -0.459 e. The molecule has 0 saturated carbocycles. The third kappa shape index (κ3) is 5.48. The number of thiazole rings is 1. The second-order valence-corrected chi connectivity index (χ2v) is 10.7. The van der Waals surface area contributed by atoms with Gasteiger partial charge in [0, 0.05) is 56.6 Å². The van der Waals surface area contributed by atoms with Gasteiger partial charge in [-0.05, 0) is 30.5 Å². The molecular weight excluding hydrogens is 530 g/mol. The Kier molecular flexibility index (Phi) is 7.32. The molecule has 2 aliphatic heterocycles. The first kappa shape index (κ1) is 25.8. The number of aromatic amines is 1. The van der Waals surface area contributed by atoms with Gasteiger partial charge < -0.3 is 19.1 Å². The number of furan rings is 1. The zero-order valence-electron chi connectivity index (χ0n) is 21.8. The second-order valence-electron chi connectivity index (χ2n) is 9.86. The predicted octanol–water partition coefficient (Wildman–Crippen LogP) is 4.14. The van der Waals surface area contributed by atoms with E-state index in [1.165, 1.54) is 17.6 Å². The van der Waals surface area contributed by atoms with E-state index < -0.39 is 0 Å². The number of urea groups is 1. The van der Waals surface area contributed by atoms with Crippen molar-refractivity contribution in [2.75, 3.05) is 44.6 Å². The van der Waals surface area contributed by atoms with E-state index in [2.05, 4.69) is 20.5 Å². The number of nitrogens with zero attached hydrogens (tertiary/aromatic N) is 5. The maximum absolute atomic E-state index is 13.1. The monoisotopic (exact) mass is 559 g/mol. The molecule has 0 aliphatic carbocycles. The predicted molar refractivity (Wildman–Crippen MR) is 149 cm³/mol. The first-order chi connectivity index (χ1) is 19.5. The van der Waals surface area contributed by atoms with Gasteiger partial charge in [0.15, 0.2) is 11.6 Å². The molecule has 40 heavy (non-hydrogen) atoms. The molecule has 1 aromatic carbocycles. The van der Waals surface area contributed by atoms with E-state index in [1.54, 1.807) is 26.8 Å². The van der Waals surface area contributed by atoms with Crippen LogP contribution in [0.1, 0.15) is 44.8 Å². The number of anilines is 1. The number of piperidine rings is 1. The molecule has 2 fully saturated rings. The molecule has 12 heteroatoms. The van der Waals surface area contributed by atoms with Gasteiger partial charge in [-0.25, -0.2) is 9.78 Å². The maximum atomic E-state index is 13.1. The zero-order valence-corrected chi connectivity index (χ0v) is 22.6. The summed E-state index contributed by atoms with van der Waals surface area (Å²) in [6.45, 7) is 3.01. The molecule has 206 valence electrons. The van der Waals surface area contributed by atoms with Gasteiger partial charge in [0.1, 0.15) is 5.69 Å². The Labute approximate surface area is 234 Å². The fourth-order valence-electron chi connectivity index (χ4n) is 5.07. The summed E-state index contributed by atoms with van der Waals surface area (Å²) in [5.41, 5.74) is 2.28. The Morgan fingerprint density at radius 1 is 0.900 bits per heavy atom. The number of likely N-dealkylation sites (tertiary alicyclic amines) is 1. The maximum Gasteiger partial charge on any atom is 0.323 e. The van der Waals surface area contributed by atoms with Gasteiger partial charge in [-0.3, -0.25) is 20.0 Å². The number of nitrogens with one attached hydrogen (secondary N) is 2. The molecule has 3 aromatic heterocycles. The molecule has 6 rings (SSSR count). The standard InChI is InChI=1S/C28H29N7O4S/c36-26(33-12-14-34(15-13-33)27(37)23-7-4-16-39-23)22-18-40-25(29-22)20-8-10-35(11-9-20)28(38)30-24-17-21(31-32-24)19-5-2-1-3-6-19/h1-7,16-18,20H,8-15H2,(H2,30,31,32,38). The minimum absolute atomic E-state index is 0.113. The number of aromatic nitrogens is 3. The van der Waals surface area contributed by atoms with E-state index in [9.17, 15) is 14.4 Å². The van der Waals surface area contributed by atoms with Crippen LogP contribution in [0.15, 0.2) is 64.6 Å². The quantitative estimate of drug-likeness (QED) is 0.378. The lowest BCUT2D eigenvalue weighted by Gasteiger charge is -2.34. The van der Waals surface area contributed by atoms with Crippen molar-refractivity contribution in [1.29, 1.82) is 0 Å². The van der Waals surface area contributed by atoms with Gasteiger partial charge in [-0.2, -0.15) is 5.10 Å². The highest BCUT2D eigenvalue weighted by Crippen LogP contribution is 2.31. The highest BCUT2D eigenvalue weighted by molar-refractivity contribution is 7.09. The van der Waals surface area contributed by atoms with Gasteiger partial charge in [-0.1, -0.05) is 30.3 Å². The van der Waals surface area contributed by atoms with Crippen molar-refractivity contribution in [3.8, 4) is 11.3 Å². The summed E-state index contributed by atoms with van der Waals surface area (Å²) in [6, 6.07) is 14.8. The van der Waals surface area contributed by atoms with Gasteiger partial charge in [-0.15, -0.1) is 11.3 Å². The van der Waals surface area contributed by atoms with Crippen LogP contribution in [-0.2, 0) is 0 Å². The zero-order chi connectivity index (χ0) is 27.5. The molecule has 0 unspecified atom stereocenters. The molecule has 0 radical (unpaired) electrons. The van der Waals surface area contributed by atoms with Crippen LogP contribution in [0.5, 0.6) is 0 Å². The van der Waals surface area contributed by atoms with E-state index in [0.717, 1.165) is 29.1 Å². The number of hydrogen-bond donors (Lipinski definition) is 2. The summed E-state index contributed by atoms with van der Waals surface area (Å²) in [4.78, 5) is 48.3. The van der Waals surface area contributed by atoms with E-state index in [1.807, 2.05) is 41.8 Å². The molecule has 5 heterocycles. The Morgan fingerprint density at radius 3 is 2.33 bits per heavy atom. The van der Waals surface area contributed by atoms with Crippen molar-refractivity contribution in [3.63, 3.8) is 0 Å².